The molecule has 0 bridgehead atoms. The SMILES string of the molecule is Cc1c(C[C@@H](N)CC#N)sc2c(NCc3ccco3)cc(Cl)nc12. The molecule has 7 heteroatoms. The molecule has 0 saturated heterocycles. The number of aryl methyl sites for hydroxylation is 1. The number of halogens is 1. The van der Waals surface area contributed by atoms with Gasteiger partial charge in [-0.05, 0) is 31.0 Å². The van der Waals surface area contributed by atoms with Gasteiger partial charge in [-0.25, -0.2) is 4.98 Å². The summed E-state index contributed by atoms with van der Waals surface area (Å²) in [6.07, 6.45) is 2.65. The zero-order valence-corrected chi connectivity index (χ0v) is 14.7. The Balaban J connectivity index is 1.92. The number of rotatable bonds is 6. The van der Waals surface area contributed by atoms with E-state index >= 15 is 0 Å². The molecule has 0 saturated carbocycles. The molecule has 3 aromatic heterocycles. The second-order valence-corrected chi connectivity index (χ2v) is 7.07. The number of nitriles is 1. The fraction of sp³-hybridized carbons (Fsp3) is 0.294. The normalized spacial score (nSPS) is 12.2. The van der Waals surface area contributed by atoms with Crippen LogP contribution < -0.4 is 11.1 Å². The Labute approximate surface area is 149 Å². The summed E-state index contributed by atoms with van der Waals surface area (Å²) in [6, 6.07) is 7.54. The first-order chi connectivity index (χ1) is 11.6. The molecule has 3 rings (SSSR count). The number of nitrogens with two attached hydrogens (primary N) is 1. The number of furan rings is 1. The van der Waals surface area contributed by atoms with Crippen LogP contribution in [0.15, 0.2) is 28.9 Å². The van der Waals surface area contributed by atoms with Crippen LogP contribution in [-0.2, 0) is 13.0 Å². The molecule has 3 aromatic rings. The van der Waals surface area contributed by atoms with Gasteiger partial charge in [0.1, 0.15) is 10.9 Å². The fourth-order valence-corrected chi connectivity index (χ4v) is 4.06. The van der Waals surface area contributed by atoms with Crippen molar-refractivity contribution in [3.05, 3.63) is 45.8 Å². The molecule has 124 valence electrons. The Morgan fingerprint density at radius 2 is 2.38 bits per heavy atom. The van der Waals surface area contributed by atoms with Crippen LogP contribution in [0, 0.1) is 18.3 Å². The average Bonchev–Trinajstić information content (AvgIpc) is 3.15. The molecular formula is C17H17ClN4OS. The van der Waals surface area contributed by atoms with E-state index in [1.165, 1.54) is 0 Å². The topological polar surface area (TPSA) is 87.9 Å². The summed E-state index contributed by atoms with van der Waals surface area (Å²) in [5.74, 6) is 0.848. The lowest BCUT2D eigenvalue weighted by Crippen LogP contribution is -2.21. The van der Waals surface area contributed by atoms with Gasteiger partial charge < -0.3 is 15.5 Å². The molecule has 0 amide bonds. The molecule has 0 unspecified atom stereocenters. The molecule has 0 radical (unpaired) electrons. The number of nitrogens with one attached hydrogen (secondary N) is 1. The van der Waals surface area contributed by atoms with Gasteiger partial charge in [0.25, 0.3) is 0 Å². The monoisotopic (exact) mass is 360 g/mol. The van der Waals surface area contributed by atoms with E-state index in [1.807, 2.05) is 25.1 Å². The van der Waals surface area contributed by atoms with E-state index in [0.29, 0.717) is 24.5 Å². The highest BCUT2D eigenvalue weighted by Gasteiger charge is 2.16. The van der Waals surface area contributed by atoms with E-state index in [1.54, 1.807) is 17.6 Å². The van der Waals surface area contributed by atoms with Gasteiger partial charge in [-0.2, -0.15) is 5.26 Å². The van der Waals surface area contributed by atoms with Crippen molar-refractivity contribution in [1.29, 1.82) is 5.26 Å². The molecule has 1 atom stereocenters. The number of nitrogens with zero attached hydrogens (tertiary/aromatic N) is 2. The predicted octanol–water partition coefficient (Wildman–Crippen LogP) is 4.25. The van der Waals surface area contributed by atoms with Crippen molar-refractivity contribution in [2.45, 2.75) is 32.4 Å². The largest absolute Gasteiger partial charge is 0.467 e. The Kier molecular flexibility index (Phi) is 5.05. The van der Waals surface area contributed by atoms with Gasteiger partial charge in [0.05, 0.1) is 41.2 Å². The molecule has 0 aliphatic rings. The third-order valence-corrected chi connectivity index (χ3v) is 5.30. The van der Waals surface area contributed by atoms with E-state index in [9.17, 15) is 0 Å². The van der Waals surface area contributed by atoms with Crippen LogP contribution in [0.2, 0.25) is 5.15 Å². The average molecular weight is 361 g/mol. The minimum Gasteiger partial charge on any atom is -0.467 e. The first-order valence-electron chi connectivity index (χ1n) is 7.55. The maximum Gasteiger partial charge on any atom is 0.131 e. The van der Waals surface area contributed by atoms with Crippen LogP contribution in [0.4, 0.5) is 5.69 Å². The van der Waals surface area contributed by atoms with E-state index in [2.05, 4.69) is 16.4 Å². The van der Waals surface area contributed by atoms with Gasteiger partial charge in [0.15, 0.2) is 0 Å². The molecule has 0 fully saturated rings. The second kappa shape index (κ2) is 7.22. The van der Waals surface area contributed by atoms with Crippen LogP contribution in [0.1, 0.15) is 22.6 Å². The molecule has 3 heterocycles. The number of fused-ring (bicyclic) bond motifs is 1. The van der Waals surface area contributed by atoms with Gasteiger partial charge in [-0.3, -0.25) is 0 Å². The van der Waals surface area contributed by atoms with E-state index < -0.39 is 0 Å². The minimum absolute atomic E-state index is 0.170. The Morgan fingerprint density at radius 3 is 3.08 bits per heavy atom. The summed E-state index contributed by atoms with van der Waals surface area (Å²) in [7, 11) is 0. The maximum absolute atomic E-state index is 8.79. The molecule has 0 aliphatic heterocycles. The van der Waals surface area contributed by atoms with Crippen LogP contribution >= 0.6 is 22.9 Å². The van der Waals surface area contributed by atoms with Gasteiger partial charge in [-0.1, -0.05) is 11.6 Å². The molecule has 0 aromatic carbocycles. The van der Waals surface area contributed by atoms with Crippen LogP contribution in [0.25, 0.3) is 10.2 Å². The Morgan fingerprint density at radius 1 is 1.54 bits per heavy atom. The molecule has 0 spiro atoms. The zero-order chi connectivity index (χ0) is 17.1. The highest BCUT2D eigenvalue weighted by Crippen LogP contribution is 2.37. The van der Waals surface area contributed by atoms with Gasteiger partial charge >= 0.3 is 0 Å². The number of pyridine rings is 1. The standard InChI is InChI=1S/C17H17ClN4OS/c1-10-14(7-11(20)4-5-19)24-17-13(8-15(18)22-16(10)17)21-9-12-3-2-6-23-12/h2-3,6,8,11H,4,7,9,20H2,1H3,(H,21,22)/t11-/m0/s1. The highest BCUT2D eigenvalue weighted by molar-refractivity contribution is 7.19. The van der Waals surface area contributed by atoms with Crippen molar-refractivity contribution in [2.75, 3.05) is 5.32 Å². The first kappa shape index (κ1) is 16.8. The van der Waals surface area contributed by atoms with Crippen LogP contribution in [0.3, 0.4) is 0 Å². The number of hydrogen-bond acceptors (Lipinski definition) is 6. The summed E-state index contributed by atoms with van der Waals surface area (Å²) in [4.78, 5) is 5.60. The van der Waals surface area contributed by atoms with Crippen molar-refractivity contribution in [3.63, 3.8) is 0 Å². The summed E-state index contributed by atoms with van der Waals surface area (Å²) in [5.41, 5.74) is 8.89. The predicted molar refractivity (Wildman–Crippen MR) is 97.3 cm³/mol. The molecule has 3 N–H and O–H groups in total. The maximum atomic E-state index is 8.79. The minimum atomic E-state index is -0.170. The lowest BCUT2D eigenvalue weighted by atomic mass is 10.1. The molecule has 5 nitrogen and oxygen atoms in total. The quantitative estimate of drug-likeness (QED) is 0.641. The number of hydrogen-bond donors (Lipinski definition) is 2. The number of aromatic nitrogens is 1. The third-order valence-electron chi connectivity index (χ3n) is 3.77. The summed E-state index contributed by atoms with van der Waals surface area (Å²) in [6.45, 7) is 2.59. The van der Waals surface area contributed by atoms with E-state index in [4.69, 9.17) is 27.0 Å². The van der Waals surface area contributed by atoms with E-state index in [-0.39, 0.29) is 6.04 Å². The molecule has 24 heavy (non-hydrogen) atoms. The molecular weight excluding hydrogens is 344 g/mol. The summed E-state index contributed by atoms with van der Waals surface area (Å²) >= 11 is 7.83. The van der Waals surface area contributed by atoms with Gasteiger partial charge in [-0.15, -0.1) is 11.3 Å². The number of thiophene rings is 1. The Bertz CT molecular complexity index is 882. The zero-order valence-electron chi connectivity index (χ0n) is 13.2. The van der Waals surface area contributed by atoms with Gasteiger partial charge in [0.2, 0.25) is 0 Å². The van der Waals surface area contributed by atoms with Gasteiger partial charge in [0, 0.05) is 17.0 Å². The highest BCUT2D eigenvalue weighted by atomic mass is 35.5. The lowest BCUT2D eigenvalue weighted by Gasteiger charge is -2.06. The number of anilines is 1. The second-order valence-electron chi connectivity index (χ2n) is 5.58. The van der Waals surface area contributed by atoms with Crippen LogP contribution in [0.5, 0.6) is 0 Å². The van der Waals surface area contributed by atoms with Crippen molar-refractivity contribution >= 4 is 38.8 Å². The van der Waals surface area contributed by atoms with Crippen molar-refractivity contribution < 1.29 is 4.42 Å². The smallest absolute Gasteiger partial charge is 0.131 e. The first-order valence-corrected chi connectivity index (χ1v) is 8.75. The summed E-state index contributed by atoms with van der Waals surface area (Å²) < 4.78 is 6.40. The van der Waals surface area contributed by atoms with Crippen molar-refractivity contribution in [2.24, 2.45) is 5.73 Å². The Hall–Kier alpha value is -2.07. The van der Waals surface area contributed by atoms with Crippen molar-refractivity contribution in [3.8, 4) is 6.07 Å². The summed E-state index contributed by atoms with van der Waals surface area (Å²) in [5, 5.41) is 12.6. The fourth-order valence-electron chi connectivity index (χ4n) is 2.54. The van der Waals surface area contributed by atoms with Crippen LogP contribution in [-0.4, -0.2) is 11.0 Å². The van der Waals surface area contributed by atoms with E-state index in [0.717, 1.165) is 32.1 Å². The third kappa shape index (κ3) is 3.54. The van der Waals surface area contributed by atoms with Crippen molar-refractivity contribution in [1.82, 2.24) is 4.98 Å². The molecule has 0 aliphatic carbocycles. The lowest BCUT2D eigenvalue weighted by molar-refractivity contribution is 0.518.